The van der Waals surface area contributed by atoms with Crippen molar-refractivity contribution < 1.29 is 4.79 Å². The van der Waals surface area contributed by atoms with Gasteiger partial charge in [0.25, 0.3) is 0 Å². The fourth-order valence-electron chi connectivity index (χ4n) is 2.32. The summed E-state index contributed by atoms with van der Waals surface area (Å²) >= 11 is 0. The molecule has 0 bridgehead atoms. The molecule has 2 N–H and O–H groups in total. The van der Waals surface area contributed by atoms with Crippen LogP contribution in [0.15, 0.2) is 12.1 Å². The van der Waals surface area contributed by atoms with E-state index in [0.29, 0.717) is 0 Å². The van der Waals surface area contributed by atoms with Crippen LogP contribution in [0, 0.1) is 13.8 Å². The second-order valence-electron chi connectivity index (χ2n) is 5.17. The Morgan fingerprint density at radius 1 is 1.28 bits per heavy atom. The maximum absolute atomic E-state index is 12.0. The summed E-state index contributed by atoms with van der Waals surface area (Å²) in [6, 6.07) is 3.92. The molecule has 0 aromatic heterocycles. The van der Waals surface area contributed by atoms with Gasteiger partial charge in [-0.25, -0.2) is 0 Å². The molecule has 98 valence electrons. The Hall–Kier alpha value is -1.39. The predicted molar refractivity (Wildman–Crippen MR) is 73.8 cm³/mol. The quantitative estimate of drug-likeness (QED) is 0.846. The van der Waals surface area contributed by atoms with Crippen LogP contribution in [0.2, 0.25) is 0 Å². The number of carbonyl (C=O) groups excluding carboxylic acids is 1. The van der Waals surface area contributed by atoms with Crippen LogP contribution in [0.4, 0.5) is 5.69 Å². The second-order valence-corrected chi connectivity index (χ2v) is 5.17. The molecule has 1 unspecified atom stereocenters. The van der Waals surface area contributed by atoms with Gasteiger partial charge in [-0.3, -0.25) is 4.79 Å². The van der Waals surface area contributed by atoms with E-state index < -0.39 is 0 Å². The molecule has 0 aliphatic carbocycles. The number of benzene rings is 1. The van der Waals surface area contributed by atoms with Gasteiger partial charge in [-0.2, -0.15) is 0 Å². The molecule has 1 aromatic rings. The van der Waals surface area contributed by atoms with Gasteiger partial charge in [-0.1, -0.05) is 12.1 Å². The lowest BCUT2D eigenvalue weighted by Gasteiger charge is -2.16. The zero-order valence-electron chi connectivity index (χ0n) is 11.5. The molecule has 0 spiro atoms. The normalized spacial score (nSPS) is 18.1. The molecule has 4 nitrogen and oxygen atoms in total. The van der Waals surface area contributed by atoms with Crippen LogP contribution in [-0.2, 0) is 4.79 Å². The average molecular weight is 247 g/mol. The summed E-state index contributed by atoms with van der Waals surface area (Å²) < 4.78 is 0. The van der Waals surface area contributed by atoms with Crippen molar-refractivity contribution >= 4 is 11.6 Å². The summed E-state index contributed by atoms with van der Waals surface area (Å²) in [5, 5.41) is 6.31. The molecule has 4 heteroatoms. The Kier molecular flexibility index (Phi) is 3.68. The first-order valence-electron chi connectivity index (χ1n) is 6.30. The molecular formula is C14H21N3O. The number of rotatable bonds is 4. The molecule has 1 amide bonds. The molecule has 0 fully saturated rings. The standard InChI is InChI=1S/C14H21N3O/c1-9-5-6-10(2)12-11(9)13(14(18)16-12)15-7-8-17(3)4/h5-6,13,15H,7-8H2,1-4H3,(H,16,18). The molecule has 0 saturated heterocycles. The minimum atomic E-state index is -0.208. The van der Waals surface area contributed by atoms with Gasteiger partial charge in [-0.05, 0) is 39.1 Å². The zero-order valence-corrected chi connectivity index (χ0v) is 11.5. The van der Waals surface area contributed by atoms with E-state index in [4.69, 9.17) is 0 Å². The van der Waals surface area contributed by atoms with Crippen LogP contribution < -0.4 is 10.6 Å². The monoisotopic (exact) mass is 247 g/mol. The van der Waals surface area contributed by atoms with Gasteiger partial charge in [0.1, 0.15) is 6.04 Å². The third-order valence-electron chi connectivity index (χ3n) is 3.38. The van der Waals surface area contributed by atoms with E-state index in [1.807, 2.05) is 21.0 Å². The van der Waals surface area contributed by atoms with Crippen molar-refractivity contribution in [2.24, 2.45) is 0 Å². The third kappa shape index (κ3) is 2.40. The first kappa shape index (κ1) is 13.1. The van der Waals surface area contributed by atoms with Crippen LogP contribution in [0.3, 0.4) is 0 Å². The van der Waals surface area contributed by atoms with Crippen molar-refractivity contribution in [3.05, 3.63) is 28.8 Å². The van der Waals surface area contributed by atoms with E-state index in [1.54, 1.807) is 0 Å². The number of nitrogens with one attached hydrogen (secondary N) is 2. The number of hydrogen-bond donors (Lipinski definition) is 2. The first-order valence-corrected chi connectivity index (χ1v) is 6.30. The molecular weight excluding hydrogens is 226 g/mol. The summed E-state index contributed by atoms with van der Waals surface area (Å²) in [5.41, 5.74) is 4.39. The molecule has 2 rings (SSSR count). The summed E-state index contributed by atoms with van der Waals surface area (Å²) in [6.07, 6.45) is 0. The van der Waals surface area contributed by atoms with Gasteiger partial charge in [0.05, 0.1) is 0 Å². The van der Waals surface area contributed by atoms with Gasteiger partial charge in [0, 0.05) is 24.3 Å². The lowest BCUT2D eigenvalue weighted by Crippen LogP contribution is -2.33. The fourth-order valence-corrected chi connectivity index (χ4v) is 2.32. The molecule has 1 aliphatic rings. The Morgan fingerprint density at radius 3 is 2.61 bits per heavy atom. The molecule has 0 saturated carbocycles. The molecule has 18 heavy (non-hydrogen) atoms. The highest BCUT2D eigenvalue weighted by atomic mass is 16.2. The van der Waals surface area contributed by atoms with E-state index in [2.05, 4.69) is 34.6 Å². The molecule has 1 atom stereocenters. The third-order valence-corrected chi connectivity index (χ3v) is 3.38. The van der Waals surface area contributed by atoms with Crippen LogP contribution in [-0.4, -0.2) is 38.0 Å². The minimum absolute atomic E-state index is 0.0566. The van der Waals surface area contributed by atoms with Crippen molar-refractivity contribution in [3.63, 3.8) is 0 Å². The number of carbonyl (C=O) groups is 1. The Bertz CT molecular complexity index is 468. The number of fused-ring (bicyclic) bond motifs is 1. The van der Waals surface area contributed by atoms with Crippen molar-refractivity contribution in [1.82, 2.24) is 10.2 Å². The SMILES string of the molecule is Cc1ccc(C)c2c1NC(=O)C2NCCN(C)C. The minimum Gasteiger partial charge on any atom is -0.324 e. The topological polar surface area (TPSA) is 44.4 Å². The van der Waals surface area contributed by atoms with Crippen molar-refractivity contribution in [2.75, 3.05) is 32.5 Å². The Balaban J connectivity index is 2.19. The van der Waals surface area contributed by atoms with Crippen molar-refractivity contribution in [3.8, 4) is 0 Å². The lowest BCUT2D eigenvalue weighted by molar-refractivity contribution is -0.117. The Morgan fingerprint density at radius 2 is 1.94 bits per heavy atom. The van der Waals surface area contributed by atoms with E-state index >= 15 is 0 Å². The highest BCUT2D eigenvalue weighted by Crippen LogP contribution is 2.35. The smallest absolute Gasteiger partial charge is 0.246 e. The van der Waals surface area contributed by atoms with Crippen LogP contribution >= 0.6 is 0 Å². The fraction of sp³-hybridized carbons (Fsp3) is 0.500. The predicted octanol–water partition coefficient (Wildman–Crippen LogP) is 1.45. The summed E-state index contributed by atoms with van der Waals surface area (Å²) in [6.45, 7) is 5.81. The van der Waals surface area contributed by atoms with Gasteiger partial charge in [0.15, 0.2) is 0 Å². The first-order chi connectivity index (χ1) is 8.50. The summed E-state index contributed by atoms with van der Waals surface area (Å²) in [7, 11) is 4.06. The largest absolute Gasteiger partial charge is 0.324 e. The Labute approximate surface area is 108 Å². The molecule has 0 radical (unpaired) electrons. The highest BCUT2D eigenvalue weighted by molar-refractivity contribution is 6.03. The van der Waals surface area contributed by atoms with E-state index in [1.165, 1.54) is 0 Å². The number of hydrogen-bond acceptors (Lipinski definition) is 3. The lowest BCUT2D eigenvalue weighted by atomic mass is 9.99. The summed E-state index contributed by atoms with van der Waals surface area (Å²) in [5.74, 6) is 0.0566. The maximum Gasteiger partial charge on any atom is 0.246 e. The molecule has 1 aromatic carbocycles. The van der Waals surface area contributed by atoms with Gasteiger partial charge >= 0.3 is 0 Å². The van der Waals surface area contributed by atoms with Gasteiger partial charge in [0.2, 0.25) is 5.91 Å². The van der Waals surface area contributed by atoms with Gasteiger partial charge in [-0.15, -0.1) is 0 Å². The van der Waals surface area contributed by atoms with Crippen LogP contribution in [0.5, 0.6) is 0 Å². The number of aryl methyl sites for hydroxylation is 2. The van der Waals surface area contributed by atoms with Crippen LogP contribution in [0.25, 0.3) is 0 Å². The van der Waals surface area contributed by atoms with E-state index in [-0.39, 0.29) is 11.9 Å². The number of nitrogens with zero attached hydrogens (tertiary/aromatic N) is 1. The number of likely N-dealkylation sites (N-methyl/N-ethyl adjacent to an activating group) is 1. The maximum atomic E-state index is 12.0. The van der Waals surface area contributed by atoms with Crippen molar-refractivity contribution in [2.45, 2.75) is 19.9 Å². The molecule has 1 heterocycles. The number of anilines is 1. The second kappa shape index (κ2) is 5.08. The molecule has 1 aliphatic heterocycles. The van der Waals surface area contributed by atoms with E-state index in [9.17, 15) is 4.79 Å². The van der Waals surface area contributed by atoms with E-state index in [0.717, 1.165) is 35.5 Å². The number of amides is 1. The van der Waals surface area contributed by atoms with Crippen LogP contribution in [0.1, 0.15) is 22.7 Å². The van der Waals surface area contributed by atoms with Crippen molar-refractivity contribution in [1.29, 1.82) is 0 Å². The summed E-state index contributed by atoms with van der Waals surface area (Å²) in [4.78, 5) is 14.1. The average Bonchev–Trinajstić information content (AvgIpc) is 2.63. The van der Waals surface area contributed by atoms with Gasteiger partial charge < -0.3 is 15.5 Å². The highest BCUT2D eigenvalue weighted by Gasteiger charge is 2.32. The zero-order chi connectivity index (χ0) is 13.3.